The molecule has 1 saturated carbocycles. The molecule has 0 amide bonds. The SMILES string of the molecule is Cc1nn(-c2cccc(Cl)c2)c(Oc2ccccc2)c1CN(CC1CC1)C[C@H](O)COC(C)(C)C. The molecule has 1 atom stereocenters. The van der Waals surface area contributed by atoms with E-state index < -0.39 is 6.10 Å². The molecule has 1 aliphatic carbocycles. The second-order valence-corrected chi connectivity index (χ2v) is 10.8. The van der Waals surface area contributed by atoms with Gasteiger partial charge in [0.15, 0.2) is 0 Å². The number of hydrogen-bond donors (Lipinski definition) is 1. The van der Waals surface area contributed by atoms with E-state index in [4.69, 9.17) is 26.2 Å². The molecule has 0 radical (unpaired) electrons. The average Bonchev–Trinajstić information content (AvgIpc) is 3.57. The van der Waals surface area contributed by atoms with Crippen LogP contribution in [0.5, 0.6) is 11.6 Å². The van der Waals surface area contributed by atoms with E-state index in [-0.39, 0.29) is 5.60 Å². The molecule has 0 spiro atoms. The number of hydrogen-bond acceptors (Lipinski definition) is 5. The van der Waals surface area contributed by atoms with E-state index in [0.717, 1.165) is 29.2 Å². The Hall–Kier alpha value is -2.38. The summed E-state index contributed by atoms with van der Waals surface area (Å²) in [6.45, 7) is 10.4. The summed E-state index contributed by atoms with van der Waals surface area (Å²) < 4.78 is 14.1. The largest absolute Gasteiger partial charge is 0.439 e. The van der Waals surface area contributed by atoms with Crippen molar-refractivity contribution in [3.63, 3.8) is 0 Å². The van der Waals surface area contributed by atoms with Gasteiger partial charge >= 0.3 is 0 Å². The van der Waals surface area contributed by atoms with Gasteiger partial charge in [-0.1, -0.05) is 35.9 Å². The highest BCUT2D eigenvalue weighted by atomic mass is 35.5. The van der Waals surface area contributed by atoms with Gasteiger partial charge < -0.3 is 14.6 Å². The predicted octanol–water partition coefficient (Wildman–Crippen LogP) is 6.01. The van der Waals surface area contributed by atoms with Crippen LogP contribution in [-0.4, -0.2) is 51.2 Å². The molecule has 2 aromatic carbocycles. The van der Waals surface area contributed by atoms with Gasteiger partial charge in [0.05, 0.1) is 35.3 Å². The van der Waals surface area contributed by atoms with E-state index in [1.165, 1.54) is 12.8 Å². The van der Waals surface area contributed by atoms with Crippen molar-refractivity contribution in [1.29, 1.82) is 0 Å². The van der Waals surface area contributed by atoms with Crippen molar-refractivity contribution in [3.8, 4) is 17.3 Å². The van der Waals surface area contributed by atoms with Gasteiger partial charge in [-0.3, -0.25) is 4.90 Å². The smallest absolute Gasteiger partial charge is 0.227 e. The Bertz CT molecular complexity index is 1110. The summed E-state index contributed by atoms with van der Waals surface area (Å²) in [7, 11) is 0. The minimum atomic E-state index is -0.574. The summed E-state index contributed by atoms with van der Waals surface area (Å²) in [5, 5.41) is 16.2. The summed E-state index contributed by atoms with van der Waals surface area (Å²) >= 11 is 6.29. The molecule has 0 saturated heterocycles. The summed E-state index contributed by atoms with van der Waals surface area (Å²) in [5.74, 6) is 2.08. The van der Waals surface area contributed by atoms with Crippen LogP contribution in [0.4, 0.5) is 0 Å². The fourth-order valence-corrected chi connectivity index (χ4v) is 4.18. The molecule has 4 rings (SSSR count). The molecule has 7 heteroatoms. The summed E-state index contributed by atoms with van der Waals surface area (Å²) in [4.78, 5) is 2.30. The second-order valence-electron chi connectivity index (χ2n) is 10.4. The number of aliphatic hydroxyl groups excluding tert-OH is 1. The molecule has 3 aromatic rings. The first-order chi connectivity index (χ1) is 16.7. The molecular weight excluding hydrogens is 462 g/mol. The van der Waals surface area contributed by atoms with Gasteiger partial charge in [0.1, 0.15) is 5.75 Å². The Morgan fingerprint density at radius 2 is 1.89 bits per heavy atom. The predicted molar refractivity (Wildman–Crippen MR) is 140 cm³/mol. The molecule has 188 valence electrons. The fraction of sp³-hybridized carbons (Fsp3) is 0.464. The van der Waals surface area contributed by atoms with Crippen LogP contribution in [0.15, 0.2) is 54.6 Å². The van der Waals surface area contributed by atoms with Crippen LogP contribution < -0.4 is 4.74 Å². The lowest BCUT2D eigenvalue weighted by Gasteiger charge is -2.27. The number of para-hydroxylation sites is 1. The Kier molecular flexibility index (Phi) is 8.17. The Labute approximate surface area is 213 Å². The highest BCUT2D eigenvalue weighted by molar-refractivity contribution is 6.30. The van der Waals surface area contributed by atoms with Crippen LogP contribution in [0.1, 0.15) is 44.9 Å². The van der Waals surface area contributed by atoms with Crippen molar-refractivity contribution in [2.24, 2.45) is 5.92 Å². The third-order valence-corrected chi connectivity index (χ3v) is 6.16. The first-order valence-electron chi connectivity index (χ1n) is 12.3. The number of aryl methyl sites for hydroxylation is 1. The van der Waals surface area contributed by atoms with Gasteiger partial charge in [-0.2, -0.15) is 5.10 Å². The Morgan fingerprint density at radius 3 is 2.54 bits per heavy atom. The molecule has 1 N–H and O–H groups in total. The number of aliphatic hydroxyl groups is 1. The molecule has 0 aliphatic heterocycles. The van der Waals surface area contributed by atoms with Gasteiger partial charge in [0, 0.05) is 24.7 Å². The highest BCUT2D eigenvalue weighted by Gasteiger charge is 2.28. The van der Waals surface area contributed by atoms with Crippen molar-refractivity contribution in [1.82, 2.24) is 14.7 Å². The lowest BCUT2D eigenvalue weighted by Crippen LogP contribution is -2.37. The van der Waals surface area contributed by atoms with Crippen LogP contribution >= 0.6 is 11.6 Å². The molecular formula is C28H36ClN3O3. The van der Waals surface area contributed by atoms with Crippen LogP contribution in [-0.2, 0) is 11.3 Å². The highest BCUT2D eigenvalue weighted by Crippen LogP contribution is 2.34. The normalized spacial score (nSPS) is 14.9. The van der Waals surface area contributed by atoms with Gasteiger partial charge in [0.25, 0.3) is 0 Å². The number of rotatable bonds is 11. The molecule has 6 nitrogen and oxygen atoms in total. The van der Waals surface area contributed by atoms with Gasteiger partial charge in [-0.25, -0.2) is 4.68 Å². The zero-order valence-electron chi connectivity index (χ0n) is 21.1. The number of benzene rings is 2. The van der Waals surface area contributed by atoms with Crippen LogP contribution in [0, 0.1) is 12.8 Å². The van der Waals surface area contributed by atoms with Gasteiger partial charge in [-0.05, 0) is 76.8 Å². The first kappa shape index (κ1) is 25.7. The number of ether oxygens (including phenoxy) is 2. The second kappa shape index (κ2) is 11.1. The van der Waals surface area contributed by atoms with Crippen LogP contribution in [0.3, 0.4) is 0 Å². The van der Waals surface area contributed by atoms with E-state index in [9.17, 15) is 5.11 Å². The van der Waals surface area contributed by atoms with Crippen molar-refractivity contribution in [2.45, 2.75) is 58.8 Å². The third-order valence-electron chi connectivity index (χ3n) is 5.92. The molecule has 1 fully saturated rings. The zero-order chi connectivity index (χ0) is 25.0. The summed E-state index contributed by atoms with van der Waals surface area (Å²) in [6.07, 6.45) is 1.90. The Morgan fingerprint density at radius 1 is 1.14 bits per heavy atom. The molecule has 1 heterocycles. The van der Waals surface area contributed by atoms with Crippen molar-refractivity contribution >= 4 is 11.6 Å². The zero-order valence-corrected chi connectivity index (χ0v) is 21.8. The topological polar surface area (TPSA) is 59.8 Å². The fourth-order valence-electron chi connectivity index (χ4n) is 4.00. The maximum absolute atomic E-state index is 10.7. The van der Waals surface area contributed by atoms with E-state index in [1.54, 1.807) is 0 Å². The van der Waals surface area contributed by atoms with E-state index in [1.807, 2.05) is 87.0 Å². The first-order valence-corrected chi connectivity index (χ1v) is 12.7. The number of nitrogens with zero attached hydrogens (tertiary/aromatic N) is 3. The maximum atomic E-state index is 10.7. The molecule has 0 bridgehead atoms. The monoisotopic (exact) mass is 497 g/mol. The minimum absolute atomic E-state index is 0.284. The standard InChI is InChI=1S/C28H36ClN3O3/c1-20-26(18-31(16-21-13-14-21)17-24(33)19-34-28(2,3)4)27(35-25-11-6-5-7-12-25)32(30-20)23-10-8-9-22(29)15-23/h5-12,15,21,24,33H,13-14,16-19H2,1-4H3/t24-/m0/s1. The van der Waals surface area contributed by atoms with Crippen molar-refractivity contribution < 1.29 is 14.6 Å². The number of halogens is 1. The summed E-state index contributed by atoms with van der Waals surface area (Å²) in [5.41, 5.74) is 2.44. The minimum Gasteiger partial charge on any atom is -0.439 e. The maximum Gasteiger partial charge on any atom is 0.227 e. The molecule has 0 unspecified atom stereocenters. The van der Waals surface area contributed by atoms with Crippen molar-refractivity contribution in [3.05, 3.63) is 70.9 Å². The molecule has 1 aliphatic rings. The third kappa shape index (κ3) is 7.55. The van der Waals surface area contributed by atoms with E-state index in [0.29, 0.717) is 36.5 Å². The van der Waals surface area contributed by atoms with E-state index >= 15 is 0 Å². The molecule has 1 aromatic heterocycles. The van der Waals surface area contributed by atoms with Crippen LogP contribution in [0.25, 0.3) is 5.69 Å². The van der Waals surface area contributed by atoms with Gasteiger partial charge in [0.2, 0.25) is 5.88 Å². The lowest BCUT2D eigenvalue weighted by molar-refractivity contribution is -0.0569. The quantitative estimate of drug-likeness (QED) is 0.351. The molecule has 35 heavy (non-hydrogen) atoms. The van der Waals surface area contributed by atoms with Crippen LogP contribution in [0.2, 0.25) is 5.02 Å². The summed E-state index contributed by atoms with van der Waals surface area (Å²) in [6, 6.07) is 17.3. The Balaban J connectivity index is 1.63. The van der Waals surface area contributed by atoms with E-state index in [2.05, 4.69) is 4.90 Å². The lowest BCUT2D eigenvalue weighted by atomic mass is 10.2. The number of aromatic nitrogens is 2. The average molecular weight is 498 g/mol. The van der Waals surface area contributed by atoms with Gasteiger partial charge in [-0.15, -0.1) is 0 Å². The van der Waals surface area contributed by atoms with Crippen molar-refractivity contribution in [2.75, 3.05) is 19.7 Å².